The van der Waals surface area contributed by atoms with Gasteiger partial charge in [0.15, 0.2) is 0 Å². The monoisotopic (exact) mass is 302 g/mol. The molecule has 1 aromatic heterocycles. The fourth-order valence-corrected chi connectivity index (χ4v) is 2.40. The Balaban J connectivity index is 2.02. The molecule has 2 unspecified atom stereocenters. The molecule has 0 fully saturated rings. The molecule has 1 aromatic carbocycles. The highest BCUT2D eigenvalue weighted by atomic mass is 19.1. The van der Waals surface area contributed by atoms with Crippen LogP contribution in [0.25, 0.3) is 0 Å². The van der Waals surface area contributed by atoms with Crippen molar-refractivity contribution in [1.82, 2.24) is 10.3 Å². The maximum Gasteiger partial charge on any atom is 0.141 e. The smallest absolute Gasteiger partial charge is 0.141 e. The van der Waals surface area contributed by atoms with E-state index in [0.717, 1.165) is 11.3 Å². The van der Waals surface area contributed by atoms with Crippen molar-refractivity contribution in [2.75, 3.05) is 6.54 Å². The van der Waals surface area contributed by atoms with E-state index in [2.05, 4.69) is 24.1 Å². The van der Waals surface area contributed by atoms with Crippen LogP contribution >= 0.6 is 0 Å². The maximum absolute atomic E-state index is 13.0. The second kappa shape index (κ2) is 7.47. The third-order valence-electron chi connectivity index (χ3n) is 3.73. The molecule has 1 heterocycles. The lowest BCUT2D eigenvalue weighted by Gasteiger charge is -2.24. The summed E-state index contributed by atoms with van der Waals surface area (Å²) in [5, 5.41) is 13.6. The minimum atomic E-state index is -0.581. The summed E-state index contributed by atoms with van der Waals surface area (Å²) in [5.41, 5.74) is 2.83. The molecule has 22 heavy (non-hydrogen) atoms. The molecular formula is C18H23FN2O. The first-order chi connectivity index (χ1) is 10.5. The van der Waals surface area contributed by atoms with Gasteiger partial charge in [0.1, 0.15) is 5.82 Å². The molecule has 0 saturated heterocycles. The number of aliphatic hydroxyl groups is 1. The van der Waals surface area contributed by atoms with Gasteiger partial charge in [0.05, 0.1) is 24.0 Å². The van der Waals surface area contributed by atoms with Gasteiger partial charge in [0, 0.05) is 6.54 Å². The Morgan fingerprint density at radius 3 is 2.36 bits per heavy atom. The normalized spacial score (nSPS) is 14.1. The van der Waals surface area contributed by atoms with Crippen LogP contribution in [0.1, 0.15) is 42.8 Å². The van der Waals surface area contributed by atoms with Gasteiger partial charge in [0.2, 0.25) is 0 Å². The van der Waals surface area contributed by atoms with Crippen LogP contribution in [0.3, 0.4) is 0 Å². The van der Waals surface area contributed by atoms with Gasteiger partial charge in [0.25, 0.3) is 0 Å². The number of rotatable bonds is 6. The first kappa shape index (κ1) is 16.6. The average molecular weight is 302 g/mol. The van der Waals surface area contributed by atoms with Gasteiger partial charge in [-0.2, -0.15) is 0 Å². The van der Waals surface area contributed by atoms with Gasteiger partial charge in [-0.1, -0.05) is 43.7 Å². The zero-order chi connectivity index (χ0) is 16.1. The zero-order valence-electron chi connectivity index (χ0n) is 13.3. The highest BCUT2D eigenvalue weighted by Gasteiger charge is 2.18. The van der Waals surface area contributed by atoms with Gasteiger partial charge in [-0.3, -0.25) is 4.98 Å². The van der Waals surface area contributed by atoms with Gasteiger partial charge >= 0.3 is 0 Å². The summed E-state index contributed by atoms with van der Waals surface area (Å²) in [6.45, 7) is 6.58. The third kappa shape index (κ3) is 4.36. The van der Waals surface area contributed by atoms with Crippen molar-refractivity contribution in [2.24, 2.45) is 5.92 Å². The topological polar surface area (TPSA) is 45.1 Å². The van der Waals surface area contributed by atoms with E-state index in [1.807, 2.05) is 31.2 Å². The second-order valence-corrected chi connectivity index (χ2v) is 5.96. The van der Waals surface area contributed by atoms with Crippen LogP contribution in [0.4, 0.5) is 4.39 Å². The molecule has 0 aliphatic rings. The Hall–Kier alpha value is -1.78. The van der Waals surface area contributed by atoms with Gasteiger partial charge < -0.3 is 10.4 Å². The van der Waals surface area contributed by atoms with E-state index >= 15 is 0 Å². The van der Waals surface area contributed by atoms with E-state index < -0.39 is 6.10 Å². The van der Waals surface area contributed by atoms with Crippen molar-refractivity contribution in [3.05, 3.63) is 65.2 Å². The predicted molar refractivity (Wildman–Crippen MR) is 85.9 cm³/mol. The minimum absolute atomic E-state index is 0.0271. The zero-order valence-corrected chi connectivity index (χ0v) is 13.3. The number of hydrogen-bond donors (Lipinski definition) is 2. The largest absolute Gasteiger partial charge is 0.387 e. The molecule has 3 nitrogen and oxygen atoms in total. The van der Waals surface area contributed by atoms with Crippen LogP contribution in [0.2, 0.25) is 0 Å². The SMILES string of the molecule is Cc1ccc(C(O)CNC(c2ccc(F)cn2)C(C)C)cc1. The average Bonchev–Trinajstić information content (AvgIpc) is 2.49. The van der Waals surface area contributed by atoms with Crippen LogP contribution in [0, 0.1) is 18.7 Å². The standard InChI is InChI=1S/C18H23FN2O/c1-12(2)18(16-9-8-15(19)10-20-16)21-11-17(22)14-6-4-13(3)5-7-14/h4-10,12,17-18,21-22H,11H2,1-3H3. The van der Waals surface area contributed by atoms with E-state index in [-0.39, 0.29) is 17.8 Å². The molecule has 0 aliphatic heterocycles. The lowest BCUT2D eigenvalue weighted by Crippen LogP contribution is -2.30. The van der Waals surface area contributed by atoms with E-state index in [1.54, 1.807) is 6.07 Å². The molecule has 2 aromatic rings. The fourth-order valence-electron chi connectivity index (χ4n) is 2.40. The van der Waals surface area contributed by atoms with E-state index in [1.165, 1.54) is 17.8 Å². The summed E-state index contributed by atoms with van der Waals surface area (Å²) >= 11 is 0. The number of hydrogen-bond acceptors (Lipinski definition) is 3. The Kier molecular flexibility index (Phi) is 5.63. The Morgan fingerprint density at radius 2 is 1.82 bits per heavy atom. The summed E-state index contributed by atoms with van der Waals surface area (Å²) in [6.07, 6.45) is 0.644. The van der Waals surface area contributed by atoms with E-state index in [0.29, 0.717) is 6.54 Å². The second-order valence-electron chi connectivity index (χ2n) is 5.96. The molecule has 0 spiro atoms. The molecule has 0 radical (unpaired) electrons. The summed E-state index contributed by atoms with van der Waals surface area (Å²) < 4.78 is 13.0. The Morgan fingerprint density at radius 1 is 1.14 bits per heavy atom. The molecule has 0 aliphatic carbocycles. The molecule has 2 N–H and O–H groups in total. The number of benzene rings is 1. The number of aliphatic hydroxyl groups excluding tert-OH is 1. The van der Waals surface area contributed by atoms with Crippen LogP contribution in [-0.2, 0) is 0 Å². The Labute approximate surface area is 131 Å². The van der Waals surface area contributed by atoms with Gasteiger partial charge in [-0.25, -0.2) is 4.39 Å². The maximum atomic E-state index is 13.0. The van der Waals surface area contributed by atoms with Crippen molar-refractivity contribution >= 4 is 0 Å². The number of aromatic nitrogens is 1. The Bertz CT molecular complexity index is 581. The van der Waals surface area contributed by atoms with E-state index in [9.17, 15) is 9.50 Å². The number of pyridine rings is 1. The molecular weight excluding hydrogens is 279 g/mol. The molecule has 118 valence electrons. The van der Waals surface area contributed by atoms with Gasteiger partial charge in [-0.05, 0) is 30.5 Å². The summed E-state index contributed by atoms with van der Waals surface area (Å²) in [5.74, 6) is -0.0610. The quantitative estimate of drug-likeness (QED) is 0.858. The highest BCUT2D eigenvalue weighted by Crippen LogP contribution is 2.21. The number of nitrogens with one attached hydrogen (secondary N) is 1. The van der Waals surface area contributed by atoms with Crippen molar-refractivity contribution in [3.63, 3.8) is 0 Å². The lowest BCUT2D eigenvalue weighted by atomic mass is 9.99. The van der Waals surface area contributed by atoms with E-state index in [4.69, 9.17) is 0 Å². The summed E-state index contributed by atoms with van der Waals surface area (Å²) in [7, 11) is 0. The summed E-state index contributed by atoms with van der Waals surface area (Å²) in [6, 6.07) is 10.9. The van der Waals surface area contributed by atoms with Crippen molar-refractivity contribution in [1.29, 1.82) is 0 Å². The van der Waals surface area contributed by atoms with Crippen molar-refractivity contribution < 1.29 is 9.50 Å². The summed E-state index contributed by atoms with van der Waals surface area (Å²) in [4.78, 5) is 4.14. The first-order valence-electron chi connectivity index (χ1n) is 7.57. The van der Waals surface area contributed by atoms with Crippen LogP contribution < -0.4 is 5.32 Å². The third-order valence-corrected chi connectivity index (χ3v) is 3.73. The van der Waals surface area contributed by atoms with Crippen LogP contribution in [-0.4, -0.2) is 16.6 Å². The molecule has 0 saturated carbocycles. The highest BCUT2D eigenvalue weighted by molar-refractivity contribution is 5.23. The predicted octanol–water partition coefficient (Wildman–Crippen LogP) is 3.55. The number of nitrogens with zero attached hydrogens (tertiary/aromatic N) is 1. The molecule has 4 heteroatoms. The molecule has 2 atom stereocenters. The van der Waals surface area contributed by atoms with Crippen molar-refractivity contribution in [3.8, 4) is 0 Å². The molecule has 0 amide bonds. The molecule has 2 rings (SSSR count). The van der Waals surface area contributed by atoms with Gasteiger partial charge in [-0.15, -0.1) is 0 Å². The fraction of sp³-hybridized carbons (Fsp3) is 0.389. The van der Waals surface area contributed by atoms with Crippen molar-refractivity contribution in [2.45, 2.75) is 32.9 Å². The first-order valence-corrected chi connectivity index (χ1v) is 7.57. The number of halogens is 1. The number of aryl methyl sites for hydroxylation is 1. The molecule has 0 bridgehead atoms. The van der Waals surface area contributed by atoms with Crippen LogP contribution in [0.5, 0.6) is 0 Å². The van der Waals surface area contributed by atoms with Crippen LogP contribution in [0.15, 0.2) is 42.6 Å². The lowest BCUT2D eigenvalue weighted by molar-refractivity contribution is 0.165. The minimum Gasteiger partial charge on any atom is -0.387 e.